The molecule has 190 valence electrons. The monoisotopic (exact) mass is 537 g/mol. The first-order chi connectivity index (χ1) is 16.9. The second-order valence-corrected chi connectivity index (χ2v) is 11.5. The summed E-state index contributed by atoms with van der Waals surface area (Å²) in [5, 5.41) is 21.9. The van der Waals surface area contributed by atoms with E-state index in [1.165, 1.54) is 25.3 Å². The third-order valence-corrected chi connectivity index (χ3v) is 9.50. The molecule has 3 rings (SSSR count). The Morgan fingerprint density at radius 2 is 1.36 bits per heavy atom. The molecule has 0 aromatic heterocycles. The summed E-state index contributed by atoms with van der Waals surface area (Å²) in [7, 11) is -8.43. The minimum atomic E-state index is -4.80. The van der Waals surface area contributed by atoms with Gasteiger partial charge in [-0.3, -0.25) is 20.2 Å². The van der Waals surface area contributed by atoms with E-state index in [0.29, 0.717) is 0 Å². The van der Waals surface area contributed by atoms with Crippen LogP contribution in [0, 0.1) is 26.1 Å². The van der Waals surface area contributed by atoms with Gasteiger partial charge in [0.15, 0.2) is 0 Å². The Morgan fingerprint density at radius 3 is 1.75 bits per heavy atom. The molecule has 0 spiro atoms. The van der Waals surface area contributed by atoms with Crippen molar-refractivity contribution < 1.29 is 36.2 Å². The normalized spacial score (nSPS) is 15.8. The summed E-state index contributed by atoms with van der Waals surface area (Å²) in [6.45, 7) is -0.622. The molecule has 1 aliphatic rings. The second kappa shape index (κ2) is 10.3. The van der Waals surface area contributed by atoms with Crippen LogP contribution >= 0.6 is 0 Å². The summed E-state index contributed by atoms with van der Waals surface area (Å²) >= 11 is 0. The summed E-state index contributed by atoms with van der Waals surface area (Å²) < 4.78 is 58.9. The minimum absolute atomic E-state index is 0.0226. The quantitative estimate of drug-likeness (QED) is 0.261. The largest absolute Gasteiger partial charge is 0.466 e. The number of esters is 1. The Balaban J connectivity index is 2.07. The van der Waals surface area contributed by atoms with Crippen molar-refractivity contribution >= 4 is 37.4 Å². The van der Waals surface area contributed by atoms with E-state index in [4.69, 9.17) is 0 Å². The molecule has 0 aliphatic heterocycles. The molecule has 0 heterocycles. The number of nitro groups is 2. The molecule has 1 aliphatic carbocycles. The number of carbonyl (C=O) groups excluding carboxylic acids is 1. The average Bonchev–Trinajstić information content (AvgIpc) is 2.86. The molecule has 2 aromatic rings. The highest BCUT2D eigenvalue weighted by Gasteiger charge is 2.39. The van der Waals surface area contributed by atoms with Crippen molar-refractivity contribution in [2.45, 2.75) is 16.2 Å². The number of sulfonamides is 2. The Kier molecular flexibility index (Phi) is 7.66. The van der Waals surface area contributed by atoms with Crippen molar-refractivity contribution in [3.05, 3.63) is 92.6 Å². The van der Waals surface area contributed by atoms with Crippen LogP contribution in [-0.4, -0.2) is 50.0 Å². The lowest BCUT2D eigenvalue weighted by Crippen LogP contribution is -2.40. The molecule has 1 atom stereocenters. The number of rotatable bonds is 9. The number of nitro benzene ring substituents is 2. The van der Waals surface area contributed by atoms with Gasteiger partial charge < -0.3 is 4.74 Å². The molecule has 0 N–H and O–H groups in total. The van der Waals surface area contributed by atoms with E-state index < -0.39 is 69.5 Å². The smallest absolute Gasteiger partial charge is 0.333 e. The SMILES string of the molecule is COC(=O)C1=CC=CC(CN(S(=O)(=O)c2ccc([N+](=O)[O-])cc2)S(=O)(=O)c2ccc([N+](=O)[O-])cc2)C1. The first-order valence-corrected chi connectivity index (χ1v) is 13.0. The number of methoxy groups -OCH3 is 1. The molecule has 0 amide bonds. The molecular weight excluding hydrogens is 518 g/mol. The highest BCUT2D eigenvalue weighted by molar-refractivity contribution is 8.04. The van der Waals surface area contributed by atoms with Crippen LogP contribution < -0.4 is 0 Å². The zero-order valence-corrected chi connectivity index (χ0v) is 20.2. The van der Waals surface area contributed by atoms with Crippen LogP contribution in [0.3, 0.4) is 0 Å². The van der Waals surface area contributed by atoms with Crippen LogP contribution in [0.2, 0.25) is 0 Å². The fourth-order valence-electron chi connectivity index (χ4n) is 3.39. The third kappa shape index (κ3) is 5.48. The van der Waals surface area contributed by atoms with Gasteiger partial charge in [0, 0.05) is 36.4 Å². The van der Waals surface area contributed by atoms with Gasteiger partial charge in [0.05, 0.1) is 26.7 Å². The third-order valence-electron chi connectivity index (χ3n) is 5.22. The Bertz CT molecular complexity index is 1380. The second-order valence-electron chi connectivity index (χ2n) is 7.50. The van der Waals surface area contributed by atoms with E-state index in [-0.39, 0.29) is 15.7 Å². The van der Waals surface area contributed by atoms with Crippen molar-refractivity contribution in [3.8, 4) is 0 Å². The zero-order valence-electron chi connectivity index (χ0n) is 18.6. The number of ether oxygens (including phenoxy) is 1. The summed E-state index contributed by atoms with van der Waals surface area (Å²) in [5.74, 6) is -1.42. The number of allylic oxidation sites excluding steroid dienone is 2. The van der Waals surface area contributed by atoms with Crippen molar-refractivity contribution in [2.75, 3.05) is 13.7 Å². The number of non-ortho nitro benzene ring substituents is 2. The summed E-state index contributed by atoms with van der Waals surface area (Å²) in [5.41, 5.74) is -0.603. The highest BCUT2D eigenvalue weighted by atomic mass is 32.3. The van der Waals surface area contributed by atoms with Crippen LogP contribution in [0.4, 0.5) is 11.4 Å². The summed E-state index contributed by atoms with van der Waals surface area (Å²) in [6, 6.07) is 7.30. The Morgan fingerprint density at radius 1 is 0.917 bits per heavy atom. The highest BCUT2D eigenvalue weighted by Crippen LogP contribution is 2.30. The van der Waals surface area contributed by atoms with Crippen molar-refractivity contribution in [2.24, 2.45) is 5.92 Å². The average molecular weight is 538 g/mol. The minimum Gasteiger partial charge on any atom is -0.466 e. The molecule has 36 heavy (non-hydrogen) atoms. The lowest BCUT2D eigenvalue weighted by Gasteiger charge is -2.26. The van der Waals surface area contributed by atoms with E-state index in [1.54, 1.807) is 0 Å². The molecule has 0 saturated heterocycles. The van der Waals surface area contributed by atoms with Crippen molar-refractivity contribution in [1.82, 2.24) is 3.71 Å². The maximum atomic E-state index is 13.5. The van der Waals surface area contributed by atoms with E-state index in [0.717, 1.165) is 48.5 Å². The number of carbonyl (C=O) groups is 1. The standard InChI is InChI=1S/C21H19N3O10S2/c1-34-21(25)16-4-2-3-15(13-16)14-22(35(30,31)19-9-5-17(6-10-19)23(26)27)36(32,33)20-11-7-18(8-12-20)24(28)29/h2-12,15H,13-14H2,1H3. The molecular formula is C21H19N3O10S2. The van der Waals surface area contributed by atoms with Crippen LogP contribution in [0.15, 0.2) is 82.1 Å². The van der Waals surface area contributed by atoms with Gasteiger partial charge in [0.2, 0.25) is 0 Å². The first kappa shape index (κ1) is 26.7. The summed E-state index contributed by atoms with van der Waals surface area (Å²) in [6.07, 6.45) is 4.43. The molecule has 15 heteroatoms. The molecule has 0 fully saturated rings. The van der Waals surface area contributed by atoms with Crippen LogP contribution in [0.5, 0.6) is 0 Å². The maximum Gasteiger partial charge on any atom is 0.333 e. The van der Waals surface area contributed by atoms with Gasteiger partial charge >= 0.3 is 5.97 Å². The van der Waals surface area contributed by atoms with E-state index in [2.05, 4.69) is 4.74 Å². The van der Waals surface area contributed by atoms with Gasteiger partial charge in [0.1, 0.15) is 0 Å². The molecule has 2 aromatic carbocycles. The fourth-order valence-corrected chi connectivity index (χ4v) is 7.14. The van der Waals surface area contributed by atoms with Crippen LogP contribution in [0.1, 0.15) is 6.42 Å². The van der Waals surface area contributed by atoms with E-state index in [9.17, 15) is 41.9 Å². The van der Waals surface area contributed by atoms with Gasteiger partial charge in [-0.2, -0.15) is 0 Å². The number of hydrogen-bond acceptors (Lipinski definition) is 10. The van der Waals surface area contributed by atoms with Gasteiger partial charge in [-0.25, -0.2) is 21.6 Å². The van der Waals surface area contributed by atoms with E-state index in [1.807, 2.05) is 0 Å². The van der Waals surface area contributed by atoms with Crippen molar-refractivity contribution in [3.63, 3.8) is 0 Å². The molecule has 0 radical (unpaired) electrons. The lowest BCUT2D eigenvalue weighted by molar-refractivity contribution is -0.385. The van der Waals surface area contributed by atoms with Crippen LogP contribution in [-0.2, 0) is 29.6 Å². The van der Waals surface area contributed by atoms with Gasteiger partial charge in [0.25, 0.3) is 31.4 Å². The van der Waals surface area contributed by atoms with Gasteiger partial charge in [-0.05, 0) is 36.6 Å². The Labute approximate surface area is 205 Å². The number of hydrogen-bond donors (Lipinski definition) is 0. The fraction of sp³-hybridized carbons (Fsp3) is 0.190. The Hall–Kier alpha value is -3.95. The molecule has 1 unspecified atom stereocenters. The molecule has 0 bridgehead atoms. The molecule has 0 saturated carbocycles. The lowest BCUT2D eigenvalue weighted by atomic mass is 9.94. The zero-order chi connectivity index (χ0) is 26.7. The predicted molar refractivity (Wildman–Crippen MR) is 125 cm³/mol. The molecule has 13 nitrogen and oxygen atoms in total. The predicted octanol–water partition coefficient (Wildman–Crippen LogP) is 2.56. The number of nitrogens with zero attached hydrogens (tertiary/aromatic N) is 3. The van der Waals surface area contributed by atoms with Gasteiger partial charge in [-0.1, -0.05) is 21.9 Å². The van der Waals surface area contributed by atoms with Crippen molar-refractivity contribution in [1.29, 1.82) is 0 Å². The first-order valence-electron chi connectivity index (χ1n) is 10.1. The number of benzene rings is 2. The summed E-state index contributed by atoms with van der Waals surface area (Å²) in [4.78, 5) is 31.3. The van der Waals surface area contributed by atoms with Crippen LogP contribution in [0.25, 0.3) is 0 Å². The van der Waals surface area contributed by atoms with E-state index >= 15 is 0 Å². The maximum absolute atomic E-state index is 13.5. The topological polar surface area (TPSA) is 184 Å². The van der Waals surface area contributed by atoms with Gasteiger partial charge in [-0.15, -0.1) is 0 Å².